The average Bonchev–Trinajstić information content (AvgIpc) is 3.39. The molecule has 5 rings (SSSR count). The molecule has 5 heteroatoms. The number of carbonyl (C=O) groups is 2. The van der Waals surface area contributed by atoms with Gasteiger partial charge in [-0.05, 0) is 135 Å². The number of hydrogen-bond acceptors (Lipinski definition) is 3. The molecule has 0 radical (unpaired) electrons. The van der Waals surface area contributed by atoms with Crippen molar-refractivity contribution in [3.8, 4) is 0 Å². The van der Waals surface area contributed by atoms with E-state index in [0.717, 1.165) is 77.2 Å². The molecule has 5 aliphatic carbocycles. The summed E-state index contributed by atoms with van der Waals surface area (Å²) in [7, 11) is 0. The number of nitrogens with one attached hydrogen (secondary N) is 1. The van der Waals surface area contributed by atoms with E-state index in [-0.39, 0.29) is 33.2 Å². The van der Waals surface area contributed by atoms with Crippen LogP contribution in [0.5, 0.6) is 0 Å². The topological polar surface area (TPSA) is 86.6 Å². The molecule has 0 spiro atoms. The van der Waals surface area contributed by atoms with Gasteiger partial charge in [0, 0.05) is 13.0 Å². The number of carbonyl (C=O) groups excluding carboxylic acids is 1. The first-order chi connectivity index (χ1) is 21.6. The monoisotopic (exact) mass is 640 g/mol. The molecule has 1 amide bonds. The maximum atomic E-state index is 14.3. The fourth-order valence-electron chi connectivity index (χ4n) is 13.4. The van der Waals surface area contributed by atoms with Crippen LogP contribution >= 0.6 is 0 Å². The summed E-state index contributed by atoms with van der Waals surface area (Å²) < 4.78 is 0. The Hall–Kier alpha value is -1.36. The predicted octanol–water partition coefficient (Wildman–Crippen LogP) is 9.72. The number of fused-ring (bicyclic) bond motifs is 7. The Morgan fingerprint density at radius 2 is 1.39 bits per heavy atom. The second-order valence-electron chi connectivity index (χ2n) is 18.4. The highest BCUT2D eigenvalue weighted by atomic mass is 16.4. The van der Waals surface area contributed by atoms with Crippen LogP contribution in [-0.4, -0.2) is 34.7 Å². The van der Waals surface area contributed by atoms with Crippen LogP contribution in [0.15, 0.2) is 12.2 Å². The Morgan fingerprint density at radius 3 is 2.04 bits per heavy atom. The zero-order valence-electron chi connectivity index (χ0n) is 30.5. The molecule has 0 aromatic rings. The number of aliphatic hydroxyl groups is 1. The van der Waals surface area contributed by atoms with Crippen molar-refractivity contribution in [2.75, 3.05) is 6.54 Å². The zero-order chi connectivity index (χ0) is 33.5. The molecule has 5 nitrogen and oxygen atoms in total. The van der Waals surface area contributed by atoms with Crippen molar-refractivity contribution in [2.24, 2.45) is 56.7 Å². The first kappa shape index (κ1) is 35.9. The van der Waals surface area contributed by atoms with Crippen LogP contribution in [0.3, 0.4) is 0 Å². The van der Waals surface area contributed by atoms with Gasteiger partial charge in [0.2, 0.25) is 5.91 Å². The van der Waals surface area contributed by atoms with Gasteiger partial charge in [-0.3, -0.25) is 9.59 Å². The van der Waals surface area contributed by atoms with Gasteiger partial charge >= 0.3 is 5.97 Å². The maximum Gasteiger partial charge on any atom is 0.303 e. The Morgan fingerprint density at radius 1 is 0.739 bits per heavy atom. The number of aliphatic hydroxyl groups excluding tert-OH is 1. The number of rotatable bonds is 13. The molecule has 0 bridgehead atoms. The van der Waals surface area contributed by atoms with Gasteiger partial charge in [-0.1, -0.05) is 85.3 Å². The second-order valence-corrected chi connectivity index (χ2v) is 18.4. The Balaban J connectivity index is 1.24. The summed E-state index contributed by atoms with van der Waals surface area (Å²) in [5.74, 6) is 2.32. The molecule has 46 heavy (non-hydrogen) atoms. The van der Waals surface area contributed by atoms with E-state index >= 15 is 0 Å². The van der Waals surface area contributed by atoms with Gasteiger partial charge in [-0.15, -0.1) is 0 Å². The molecule has 0 heterocycles. The summed E-state index contributed by atoms with van der Waals surface area (Å²) >= 11 is 0. The molecular formula is C41H69NO4. The molecule has 3 N–H and O–H groups in total. The molecule has 0 aromatic carbocycles. The lowest BCUT2D eigenvalue weighted by Gasteiger charge is -2.72. The highest BCUT2D eigenvalue weighted by Crippen LogP contribution is 2.77. The molecule has 0 saturated heterocycles. The van der Waals surface area contributed by atoms with Crippen molar-refractivity contribution < 1.29 is 19.8 Å². The van der Waals surface area contributed by atoms with Crippen LogP contribution in [-0.2, 0) is 9.59 Å². The largest absolute Gasteiger partial charge is 0.481 e. The molecule has 2 unspecified atom stereocenters. The van der Waals surface area contributed by atoms with Gasteiger partial charge in [0.05, 0.1) is 11.5 Å². The van der Waals surface area contributed by atoms with E-state index in [1.807, 2.05) is 0 Å². The van der Waals surface area contributed by atoms with Crippen LogP contribution in [0.25, 0.3) is 0 Å². The van der Waals surface area contributed by atoms with E-state index in [2.05, 4.69) is 53.4 Å². The third kappa shape index (κ3) is 5.93. The Kier molecular flexibility index (Phi) is 10.6. The lowest BCUT2D eigenvalue weighted by Crippen LogP contribution is -2.67. The predicted molar refractivity (Wildman–Crippen MR) is 187 cm³/mol. The summed E-state index contributed by atoms with van der Waals surface area (Å²) in [6, 6.07) is 0. The number of hydrogen-bond donors (Lipinski definition) is 3. The molecule has 10 atom stereocenters. The van der Waals surface area contributed by atoms with Crippen LogP contribution in [0.2, 0.25) is 0 Å². The van der Waals surface area contributed by atoms with Crippen molar-refractivity contribution in [3.63, 3.8) is 0 Å². The van der Waals surface area contributed by atoms with Crippen molar-refractivity contribution in [2.45, 2.75) is 170 Å². The molecule has 0 aliphatic heterocycles. The number of carboxylic acids is 1. The second kappa shape index (κ2) is 13.5. The molecular weight excluding hydrogens is 570 g/mol. The third-order valence-corrected chi connectivity index (χ3v) is 16.1. The average molecular weight is 640 g/mol. The van der Waals surface area contributed by atoms with Gasteiger partial charge in [-0.25, -0.2) is 0 Å². The van der Waals surface area contributed by atoms with Gasteiger partial charge in [0.15, 0.2) is 0 Å². The first-order valence-corrected chi connectivity index (χ1v) is 19.5. The molecule has 262 valence electrons. The van der Waals surface area contributed by atoms with E-state index in [0.29, 0.717) is 41.9 Å². The minimum atomic E-state index is -0.688. The van der Waals surface area contributed by atoms with Crippen molar-refractivity contribution in [1.82, 2.24) is 5.32 Å². The summed E-state index contributed by atoms with van der Waals surface area (Å²) in [5.41, 5.74) is 1.79. The summed E-state index contributed by atoms with van der Waals surface area (Å²) in [6.07, 6.45) is 20.2. The SMILES string of the molecule is C=C(C)[C@@H]1CC[C@]2(C(=O)NCCCCCCCCCCC(=O)O)CC[C@]3(C)[C@H](CCC4[C@@]5(C)CCC(O)C(C)(C)[C@@H]5CC[C@]43C)[C@@H]12. The van der Waals surface area contributed by atoms with Crippen molar-refractivity contribution in [1.29, 1.82) is 0 Å². The zero-order valence-corrected chi connectivity index (χ0v) is 30.5. The molecule has 0 aromatic heterocycles. The number of unbranched alkanes of at least 4 members (excludes halogenated alkanes) is 7. The van der Waals surface area contributed by atoms with Crippen LogP contribution in [0, 0.1) is 56.7 Å². The number of carboxylic acid groups (broad SMARTS) is 1. The fraction of sp³-hybridized carbons (Fsp3) is 0.902. The van der Waals surface area contributed by atoms with Gasteiger partial charge in [-0.2, -0.15) is 0 Å². The van der Waals surface area contributed by atoms with Crippen LogP contribution < -0.4 is 5.32 Å². The van der Waals surface area contributed by atoms with Crippen LogP contribution in [0.1, 0.15) is 164 Å². The highest BCUT2D eigenvalue weighted by molar-refractivity contribution is 5.83. The van der Waals surface area contributed by atoms with E-state index in [4.69, 9.17) is 5.11 Å². The number of allylic oxidation sites excluding steroid dienone is 1. The molecule has 5 aliphatic rings. The molecule has 5 fully saturated rings. The van der Waals surface area contributed by atoms with E-state index in [9.17, 15) is 14.7 Å². The minimum Gasteiger partial charge on any atom is -0.481 e. The Labute approximate surface area is 281 Å². The minimum absolute atomic E-state index is 0.0221. The van der Waals surface area contributed by atoms with Crippen LogP contribution in [0.4, 0.5) is 0 Å². The quantitative estimate of drug-likeness (QED) is 0.138. The van der Waals surface area contributed by atoms with E-state index in [1.54, 1.807) is 0 Å². The summed E-state index contributed by atoms with van der Waals surface area (Å²) in [4.78, 5) is 25.0. The van der Waals surface area contributed by atoms with E-state index in [1.165, 1.54) is 50.5 Å². The summed E-state index contributed by atoms with van der Waals surface area (Å²) in [6.45, 7) is 20.1. The normalized spacial score (nSPS) is 42.7. The lowest BCUT2D eigenvalue weighted by molar-refractivity contribution is -0.246. The number of amides is 1. The van der Waals surface area contributed by atoms with Gasteiger partial charge in [0.25, 0.3) is 0 Å². The first-order valence-electron chi connectivity index (χ1n) is 19.5. The van der Waals surface area contributed by atoms with Crippen molar-refractivity contribution in [3.05, 3.63) is 12.2 Å². The number of aliphatic carboxylic acids is 1. The fourth-order valence-corrected chi connectivity index (χ4v) is 13.4. The smallest absolute Gasteiger partial charge is 0.303 e. The third-order valence-electron chi connectivity index (χ3n) is 16.1. The van der Waals surface area contributed by atoms with Gasteiger partial charge < -0.3 is 15.5 Å². The van der Waals surface area contributed by atoms with Crippen molar-refractivity contribution >= 4 is 11.9 Å². The Bertz CT molecular complexity index is 1130. The van der Waals surface area contributed by atoms with E-state index < -0.39 is 5.97 Å². The van der Waals surface area contributed by atoms with Gasteiger partial charge in [0.1, 0.15) is 0 Å². The summed E-state index contributed by atoms with van der Waals surface area (Å²) in [5, 5.41) is 23.3. The highest BCUT2D eigenvalue weighted by Gasteiger charge is 2.71. The molecule has 5 saturated carbocycles. The maximum absolute atomic E-state index is 14.3. The standard InChI is InChI=1S/C41H69NO4/c1-28(2)29-19-24-41(36(46)42-27-15-13-11-9-8-10-12-14-16-34(44)45)26-25-39(6)30(35(29)41)17-18-32-38(5)22-21-33(43)37(3,4)31(38)20-23-40(32,39)7/h29-33,35,43H,1,8-27H2,2-7H3,(H,42,46)(H,44,45)/t29-,30+,31-,32?,33?,35+,38-,39+,40+,41-/m0/s1. The lowest BCUT2D eigenvalue weighted by atomic mass is 9.32.